The average molecular weight is 414 g/mol. The fourth-order valence-electron chi connectivity index (χ4n) is 2.19. The van der Waals surface area contributed by atoms with E-state index in [-0.39, 0.29) is 0 Å². The van der Waals surface area contributed by atoms with Crippen molar-refractivity contribution in [2.45, 2.75) is 6.92 Å². The standard InChI is InChI=1S/C17H17Cl2N3O3S/c1-12-6-3-4-9-16(12)22(26(2,24)25)11-17(23)21-20-10-13-14(18)7-5-8-15(13)19/h3-10H,11H2,1-2H3,(H,21,23)/b20-10-. The lowest BCUT2D eigenvalue weighted by atomic mass is 10.2. The van der Waals surface area contributed by atoms with E-state index in [1.165, 1.54) is 6.21 Å². The summed E-state index contributed by atoms with van der Waals surface area (Å²) in [6.07, 6.45) is 2.35. The Morgan fingerprint density at radius 2 is 1.77 bits per heavy atom. The van der Waals surface area contributed by atoms with Gasteiger partial charge in [0.05, 0.1) is 28.2 Å². The zero-order chi connectivity index (χ0) is 19.3. The van der Waals surface area contributed by atoms with Crippen LogP contribution in [0.2, 0.25) is 10.0 Å². The smallest absolute Gasteiger partial charge is 0.260 e. The van der Waals surface area contributed by atoms with Crippen molar-refractivity contribution in [3.05, 3.63) is 63.6 Å². The molecule has 1 N–H and O–H groups in total. The van der Waals surface area contributed by atoms with Gasteiger partial charge >= 0.3 is 0 Å². The number of rotatable bonds is 6. The van der Waals surface area contributed by atoms with Gasteiger partial charge in [-0.2, -0.15) is 5.10 Å². The van der Waals surface area contributed by atoms with Gasteiger partial charge in [-0.3, -0.25) is 9.10 Å². The molecule has 2 aromatic rings. The van der Waals surface area contributed by atoms with Gasteiger partial charge in [0.2, 0.25) is 10.0 Å². The summed E-state index contributed by atoms with van der Waals surface area (Å²) in [6, 6.07) is 11.9. The minimum atomic E-state index is -3.65. The first-order chi connectivity index (χ1) is 12.2. The number of hydrogen-bond acceptors (Lipinski definition) is 4. The van der Waals surface area contributed by atoms with E-state index in [0.717, 1.165) is 16.1 Å². The van der Waals surface area contributed by atoms with Crippen LogP contribution in [-0.2, 0) is 14.8 Å². The highest BCUT2D eigenvalue weighted by atomic mass is 35.5. The number of aryl methyl sites for hydroxylation is 1. The predicted molar refractivity (Wildman–Crippen MR) is 106 cm³/mol. The molecule has 0 atom stereocenters. The number of anilines is 1. The van der Waals surface area contributed by atoms with Crippen molar-refractivity contribution in [2.75, 3.05) is 17.1 Å². The van der Waals surface area contributed by atoms with Crippen molar-refractivity contribution in [1.82, 2.24) is 5.43 Å². The van der Waals surface area contributed by atoms with E-state index in [0.29, 0.717) is 21.3 Å². The normalized spacial score (nSPS) is 11.5. The van der Waals surface area contributed by atoms with Gasteiger partial charge < -0.3 is 0 Å². The van der Waals surface area contributed by atoms with Crippen LogP contribution in [0.25, 0.3) is 0 Å². The number of nitrogens with zero attached hydrogens (tertiary/aromatic N) is 2. The molecule has 6 nitrogen and oxygen atoms in total. The number of amides is 1. The molecule has 2 aromatic carbocycles. The Labute approximate surface area is 162 Å². The second kappa shape index (κ2) is 8.53. The van der Waals surface area contributed by atoms with Crippen LogP contribution in [0.4, 0.5) is 5.69 Å². The van der Waals surface area contributed by atoms with Gasteiger partial charge in [0.1, 0.15) is 6.54 Å². The first-order valence-corrected chi connectivity index (χ1v) is 10.1. The third-order valence-electron chi connectivity index (χ3n) is 3.45. The molecule has 1 amide bonds. The lowest BCUT2D eigenvalue weighted by Gasteiger charge is -2.23. The molecule has 0 spiro atoms. The van der Waals surface area contributed by atoms with Crippen molar-refractivity contribution < 1.29 is 13.2 Å². The maximum atomic E-state index is 12.1. The summed E-state index contributed by atoms with van der Waals surface area (Å²) in [5.41, 5.74) is 3.91. The summed E-state index contributed by atoms with van der Waals surface area (Å²) in [5, 5.41) is 4.56. The van der Waals surface area contributed by atoms with Gasteiger partial charge in [0, 0.05) is 5.56 Å². The molecule has 138 valence electrons. The summed E-state index contributed by atoms with van der Waals surface area (Å²) in [5.74, 6) is -0.599. The average Bonchev–Trinajstić information content (AvgIpc) is 2.55. The van der Waals surface area contributed by atoms with Gasteiger partial charge in [0.25, 0.3) is 5.91 Å². The number of halogens is 2. The maximum absolute atomic E-state index is 12.1. The van der Waals surface area contributed by atoms with Crippen LogP contribution in [0.3, 0.4) is 0 Å². The van der Waals surface area contributed by atoms with E-state index in [2.05, 4.69) is 10.5 Å². The zero-order valence-corrected chi connectivity index (χ0v) is 16.4. The second-order valence-electron chi connectivity index (χ2n) is 5.48. The molecule has 0 fully saturated rings. The van der Waals surface area contributed by atoms with Crippen molar-refractivity contribution in [3.8, 4) is 0 Å². The summed E-state index contributed by atoms with van der Waals surface area (Å²) >= 11 is 12.0. The molecule has 0 aromatic heterocycles. The minimum absolute atomic E-state index is 0.383. The third kappa shape index (κ3) is 5.20. The highest BCUT2D eigenvalue weighted by Crippen LogP contribution is 2.23. The van der Waals surface area contributed by atoms with E-state index in [1.54, 1.807) is 49.4 Å². The van der Waals surface area contributed by atoms with Gasteiger partial charge in [-0.25, -0.2) is 13.8 Å². The van der Waals surface area contributed by atoms with Crippen LogP contribution < -0.4 is 9.73 Å². The topological polar surface area (TPSA) is 78.8 Å². The van der Waals surface area contributed by atoms with E-state index in [9.17, 15) is 13.2 Å². The number of nitrogens with one attached hydrogen (secondary N) is 1. The monoisotopic (exact) mass is 413 g/mol. The molecule has 0 aliphatic rings. The van der Waals surface area contributed by atoms with E-state index < -0.39 is 22.5 Å². The highest BCUT2D eigenvalue weighted by Gasteiger charge is 2.21. The number of benzene rings is 2. The molecular formula is C17H17Cl2N3O3S. The van der Waals surface area contributed by atoms with Crippen LogP contribution in [-0.4, -0.2) is 33.3 Å². The first kappa shape index (κ1) is 20.2. The fourth-order valence-corrected chi connectivity index (χ4v) is 3.60. The molecule has 0 radical (unpaired) electrons. The highest BCUT2D eigenvalue weighted by molar-refractivity contribution is 7.92. The van der Waals surface area contributed by atoms with E-state index in [1.807, 2.05) is 0 Å². The maximum Gasteiger partial charge on any atom is 0.260 e. The van der Waals surface area contributed by atoms with Crippen LogP contribution in [0.1, 0.15) is 11.1 Å². The largest absolute Gasteiger partial charge is 0.271 e. The first-order valence-electron chi connectivity index (χ1n) is 7.49. The Morgan fingerprint density at radius 1 is 1.15 bits per heavy atom. The predicted octanol–water partition coefficient (Wildman–Crippen LogP) is 3.22. The second-order valence-corrected chi connectivity index (χ2v) is 8.21. The van der Waals surface area contributed by atoms with E-state index >= 15 is 0 Å². The number of hydrazone groups is 1. The summed E-state index contributed by atoms with van der Waals surface area (Å²) in [7, 11) is -3.65. The summed E-state index contributed by atoms with van der Waals surface area (Å²) in [4.78, 5) is 12.1. The lowest BCUT2D eigenvalue weighted by Crippen LogP contribution is -2.39. The van der Waals surface area contributed by atoms with Gasteiger partial charge in [-0.05, 0) is 30.7 Å². The number of carbonyl (C=O) groups excluding carboxylic acids is 1. The number of sulfonamides is 1. The van der Waals surface area contributed by atoms with Crippen molar-refractivity contribution >= 4 is 51.0 Å². The Kier molecular flexibility index (Phi) is 6.63. The van der Waals surface area contributed by atoms with Crippen molar-refractivity contribution in [1.29, 1.82) is 0 Å². The molecule has 0 saturated carbocycles. The Morgan fingerprint density at radius 3 is 2.35 bits per heavy atom. The fraction of sp³-hybridized carbons (Fsp3) is 0.176. The Bertz CT molecular complexity index is 926. The molecule has 0 aliphatic carbocycles. The van der Waals surface area contributed by atoms with Gasteiger partial charge in [0.15, 0.2) is 0 Å². The summed E-state index contributed by atoms with van der Waals surface area (Å²) in [6.45, 7) is 1.36. The molecule has 0 bridgehead atoms. The van der Waals surface area contributed by atoms with Gasteiger partial charge in [-0.15, -0.1) is 0 Å². The summed E-state index contributed by atoms with van der Waals surface area (Å²) < 4.78 is 25.2. The van der Waals surface area contributed by atoms with Crippen LogP contribution in [0, 0.1) is 6.92 Å². The molecule has 9 heteroatoms. The van der Waals surface area contributed by atoms with E-state index in [4.69, 9.17) is 23.2 Å². The molecule has 26 heavy (non-hydrogen) atoms. The van der Waals surface area contributed by atoms with Crippen LogP contribution in [0.15, 0.2) is 47.6 Å². The Balaban J connectivity index is 2.14. The molecule has 2 rings (SSSR count). The third-order valence-corrected chi connectivity index (χ3v) is 5.24. The molecule has 0 heterocycles. The molecule has 0 aliphatic heterocycles. The lowest BCUT2D eigenvalue weighted by molar-refractivity contribution is -0.119. The SMILES string of the molecule is Cc1ccccc1N(CC(=O)N/N=C\c1c(Cl)cccc1Cl)S(C)(=O)=O. The molecule has 0 saturated heterocycles. The number of hydrogen-bond donors (Lipinski definition) is 1. The quantitative estimate of drug-likeness (QED) is 0.583. The van der Waals surface area contributed by atoms with Crippen LogP contribution >= 0.6 is 23.2 Å². The molecular weight excluding hydrogens is 397 g/mol. The number of para-hydroxylation sites is 1. The minimum Gasteiger partial charge on any atom is -0.271 e. The Hall–Kier alpha value is -2.09. The van der Waals surface area contributed by atoms with Crippen LogP contribution in [0.5, 0.6) is 0 Å². The molecule has 0 unspecified atom stereocenters. The number of carbonyl (C=O) groups is 1. The van der Waals surface area contributed by atoms with Crippen molar-refractivity contribution in [2.24, 2.45) is 5.10 Å². The van der Waals surface area contributed by atoms with Crippen molar-refractivity contribution in [3.63, 3.8) is 0 Å². The zero-order valence-electron chi connectivity index (χ0n) is 14.1. The van der Waals surface area contributed by atoms with Gasteiger partial charge in [-0.1, -0.05) is 47.5 Å².